The summed E-state index contributed by atoms with van der Waals surface area (Å²) in [5.41, 5.74) is 7.01. The second-order valence-electron chi connectivity index (χ2n) is 9.09. The summed E-state index contributed by atoms with van der Waals surface area (Å²) in [5, 5.41) is 8.14. The fourth-order valence-corrected chi connectivity index (χ4v) is 5.24. The Kier molecular flexibility index (Phi) is 6.06. The number of rotatable bonds is 7. The van der Waals surface area contributed by atoms with Gasteiger partial charge in [-0.05, 0) is 49.1 Å². The largest absolute Gasteiger partial charge is 0.427 e. The summed E-state index contributed by atoms with van der Waals surface area (Å²) < 4.78 is 12.1. The first-order valence-electron chi connectivity index (χ1n) is 11.7. The highest BCUT2D eigenvalue weighted by molar-refractivity contribution is 6.39. The average Bonchev–Trinajstić information content (AvgIpc) is 3.23. The van der Waals surface area contributed by atoms with E-state index >= 15 is 0 Å². The molecule has 0 radical (unpaired) electrons. The first-order valence-corrected chi connectivity index (χ1v) is 12.4. The number of anilines is 1. The lowest BCUT2D eigenvalue weighted by Gasteiger charge is -2.20. The molecule has 1 amide bonds. The molecule has 1 aliphatic carbocycles. The third-order valence-corrected chi connectivity index (χ3v) is 7.33. The van der Waals surface area contributed by atoms with E-state index in [4.69, 9.17) is 37.3 Å². The zero-order chi connectivity index (χ0) is 23.9. The van der Waals surface area contributed by atoms with Gasteiger partial charge in [0.05, 0.1) is 22.8 Å². The van der Waals surface area contributed by atoms with Crippen molar-refractivity contribution in [3.8, 4) is 11.3 Å². The van der Waals surface area contributed by atoms with E-state index in [1.807, 2.05) is 42.5 Å². The fraction of sp³-hybridized carbons (Fsp3) is 0.360. The average molecular weight is 515 g/mol. The van der Waals surface area contributed by atoms with Crippen molar-refractivity contribution in [2.75, 3.05) is 18.0 Å². The van der Waals surface area contributed by atoms with Gasteiger partial charge in [0.25, 0.3) is 0 Å². The van der Waals surface area contributed by atoms with Crippen LogP contribution < -0.4 is 15.7 Å². The van der Waals surface area contributed by atoms with Crippen LogP contribution >= 0.6 is 23.2 Å². The SMILES string of the molecule is O=C1NC(c2ccc(N3CCC(OCc4c(-c5c(Cl)cccc5Cl)noc4C4CC4)C3)cc2)NO1. The van der Waals surface area contributed by atoms with Crippen LogP contribution in [0.5, 0.6) is 0 Å². The molecule has 2 aromatic carbocycles. The van der Waals surface area contributed by atoms with Gasteiger partial charge in [-0.1, -0.05) is 46.6 Å². The number of halogens is 2. The van der Waals surface area contributed by atoms with Gasteiger partial charge in [0.15, 0.2) is 0 Å². The number of hydroxylamine groups is 1. The first-order chi connectivity index (χ1) is 17.1. The minimum Gasteiger partial charge on any atom is -0.371 e. The molecular weight excluding hydrogens is 491 g/mol. The molecule has 6 rings (SSSR count). The molecule has 3 heterocycles. The predicted octanol–water partition coefficient (Wildman–Crippen LogP) is 5.56. The van der Waals surface area contributed by atoms with Crippen LogP contribution in [0, 0.1) is 0 Å². The lowest BCUT2D eigenvalue weighted by atomic mass is 10.0. The van der Waals surface area contributed by atoms with Crippen LogP contribution in [0.2, 0.25) is 10.0 Å². The van der Waals surface area contributed by atoms with Crippen LogP contribution in [-0.4, -0.2) is 30.4 Å². The van der Waals surface area contributed by atoms with Crippen molar-refractivity contribution in [3.63, 3.8) is 0 Å². The van der Waals surface area contributed by atoms with Crippen LogP contribution in [0.25, 0.3) is 11.3 Å². The lowest BCUT2D eigenvalue weighted by Crippen LogP contribution is -2.24. The Morgan fingerprint density at radius 2 is 1.86 bits per heavy atom. The first kappa shape index (κ1) is 22.7. The number of amides is 1. The maximum atomic E-state index is 11.2. The van der Waals surface area contributed by atoms with Crippen molar-refractivity contribution in [1.82, 2.24) is 16.0 Å². The van der Waals surface area contributed by atoms with Gasteiger partial charge in [-0.2, -0.15) is 0 Å². The van der Waals surface area contributed by atoms with Crippen molar-refractivity contribution in [2.24, 2.45) is 0 Å². The molecule has 35 heavy (non-hydrogen) atoms. The molecule has 2 saturated heterocycles. The molecule has 0 spiro atoms. The summed E-state index contributed by atoms with van der Waals surface area (Å²) in [6.45, 7) is 2.08. The van der Waals surface area contributed by atoms with Crippen LogP contribution in [0.1, 0.15) is 48.2 Å². The second kappa shape index (κ2) is 9.35. The lowest BCUT2D eigenvalue weighted by molar-refractivity contribution is 0.0547. The summed E-state index contributed by atoms with van der Waals surface area (Å²) >= 11 is 12.9. The summed E-state index contributed by atoms with van der Waals surface area (Å²) in [4.78, 5) is 18.3. The molecule has 3 aromatic rings. The van der Waals surface area contributed by atoms with Crippen molar-refractivity contribution >= 4 is 35.0 Å². The van der Waals surface area contributed by atoms with E-state index in [0.717, 1.165) is 54.9 Å². The number of hydrogen-bond acceptors (Lipinski definition) is 7. The van der Waals surface area contributed by atoms with Gasteiger partial charge < -0.3 is 19.0 Å². The Bertz CT molecular complexity index is 1220. The predicted molar refractivity (Wildman–Crippen MR) is 131 cm³/mol. The number of ether oxygens (including phenoxy) is 1. The number of aromatic nitrogens is 1. The van der Waals surface area contributed by atoms with E-state index in [1.54, 1.807) is 0 Å². The summed E-state index contributed by atoms with van der Waals surface area (Å²) in [6.07, 6.45) is 2.37. The molecule has 1 saturated carbocycles. The van der Waals surface area contributed by atoms with Gasteiger partial charge in [-0.15, -0.1) is 5.48 Å². The Balaban J connectivity index is 1.13. The van der Waals surface area contributed by atoms with E-state index in [0.29, 0.717) is 33.8 Å². The van der Waals surface area contributed by atoms with Crippen molar-refractivity contribution in [3.05, 3.63) is 69.4 Å². The normalized spacial score (nSPS) is 21.9. The highest BCUT2D eigenvalue weighted by Gasteiger charge is 2.34. The van der Waals surface area contributed by atoms with Crippen LogP contribution in [0.15, 0.2) is 47.0 Å². The Morgan fingerprint density at radius 1 is 1.09 bits per heavy atom. The molecule has 2 N–H and O–H groups in total. The molecule has 2 aliphatic heterocycles. The smallest absolute Gasteiger partial charge is 0.371 e. The van der Waals surface area contributed by atoms with Crippen LogP contribution in [0.3, 0.4) is 0 Å². The van der Waals surface area contributed by atoms with Gasteiger partial charge in [0.2, 0.25) is 0 Å². The molecule has 3 aliphatic rings. The molecule has 8 nitrogen and oxygen atoms in total. The molecule has 2 unspecified atom stereocenters. The van der Waals surface area contributed by atoms with Crippen molar-refractivity contribution in [2.45, 2.75) is 44.1 Å². The third-order valence-electron chi connectivity index (χ3n) is 6.70. The standard InChI is InChI=1S/C25H24Cl2N4O4/c26-19-2-1-3-20(27)21(19)22-18(23(34-29-22)14-4-5-14)13-33-17-10-11-31(12-17)16-8-6-15(7-9-16)24-28-25(32)35-30-24/h1-3,6-9,14,17,24,30H,4-5,10-13H2,(H,28,32). The van der Waals surface area contributed by atoms with E-state index < -0.39 is 6.09 Å². The van der Waals surface area contributed by atoms with Gasteiger partial charge in [-0.25, -0.2) is 4.79 Å². The molecule has 0 bridgehead atoms. The zero-order valence-corrected chi connectivity index (χ0v) is 20.3. The molecule has 1 aromatic heterocycles. The molecule has 3 fully saturated rings. The van der Waals surface area contributed by atoms with Gasteiger partial charge in [0, 0.05) is 35.8 Å². The van der Waals surface area contributed by atoms with Gasteiger partial charge in [0.1, 0.15) is 17.6 Å². The van der Waals surface area contributed by atoms with Gasteiger partial charge >= 0.3 is 6.09 Å². The van der Waals surface area contributed by atoms with Crippen molar-refractivity contribution < 1.29 is 18.9 Å². The summed E-state index contributed by atoms with van der Waals surface area (Å²) in [5.74, 6) is 1.28. The third kappa shape index (κ3) is 4.59. The molecule has 182 valence electrons. The Morgan fingerprint density at radius 3 is 2.54 bits per heavy atom. The number of nitrogens with zero attached hydrogens (tertiary/aromatic N) is 2. The highest BCUT2D eigenvalue weighted by atomic mass is 35.5. The number of carbonyl (C=O) groups is 1. The number of hydrogen-bond donors (Lipinski definition) is 2. The minimum atomic E-state index is -0.476. The molecule has 2 atom stereocenters. The highest BCUT2D eigenvalue weighted by Crippen LogP contribution is 2.46. The maximum Gasteiger partial charge on any atom is 0.427 e. The fourth-order valence-electron chi connectivity index (χ4n) is 4.67. The quantitative estimate of drug-likeness (QED) is 0.426. The van der Waals surface area contributed by atoms with E-state index in [1.165, 1.54) is 0 Å². The minimum absolute atomic E-state index is 0.0791. The monoisotopic (exact) mass is 514 g/mol. The molecular formula is C25H24Cl2N4O4. The molecule has 10 heteroatoms. The van der Waals surface area contributed by atoms with E-state index in [2.05, 4.69) is 20.9 Å². The number of carbonyl (C=O) groups excluding carboxylic acids is 1. The van der Waals surface area contributed by atoms with Crippen LogP contribution in [-0.2, 0) is 16.2 Å². The van der Waals surface area contributed by atoms with E-state index in [-0.39, 0.29) is 12.3 Å². The van der Waals surface area contributed by atoms with E-state index in [9.17, 15) is 4.79 Å². The zero-order valence-electron chi connectivity index (χ0n) is 18.8. The second-order valence-corrected chi connectivity index (χ2v) is 9.90. The van der Waals surface area contributed by atoms with Crippen molar-refractivity contribution in [1.29, 1.82) is 0 Å². The Labute approximate surface area is 212 Å². The summed E-state index contributed by atoms with van der Waals surface area (Å²) in [6, 6.07) is 13.5. The van der Waals surface area contributed by atoms with Gasteiger partial charge in [-0.3, -0.25) is 5.32 Å². The summed E-state index contributed by atoms with van der Waals surface area (Å²) in [7, 11) is 0. The topological polar surface area (TPSA) is 88.9 Å². The Hall–Kier alpha value is -2.78. The van der Waals surface area contributed by atoms with Crippen LogP contribution in [0.4, 0.5) is 10.5 Å². The number of nitrogens with one attached hydrogen (secondary N) is 2. The number of benzene rings is 2. The maximum absolute atomic E-state index is 11.2.